The topological polar surface area (TPSA) is 162 Å². The number of hydrogen-bond acceptors (Lipinski definition) is 10. The van der Waals surface area contributed by atoms with E-state index in [1.165, 1.54) is 93.3 Å². The third kappa shape index (κ3) is 33.5. The summed E-state index contributed by atoms with van der Waals surface area (Å²) in [4.78, 5) is 35.7. The van der Waals surface area contributed by atoms with Gasteiger partial charge in [0.25, 0.3) is 0 Å². The van der Waals surface area contributed by atoms with Gasteiger partial charge in [-0.3, -0.25) is 18.6 Å². The van der Waals surface area contributed by atoms with Crippen molar-refractivity contribution in [1.82, 2.24) is 0 Å². The molecule has 0 fully saturated rings. The molecule has 12 nitrogen and oxygen atoms in total. The quantitative estimate of drug-likeness (QED) is 0.0188. The molecule has 0 saturated heterocycles. The lowest BCUT2D eigenvalue weighted by atomic mass is 10.0. The summed E-state index contributed by atoms with van der Waals surface area (Å²) >= 11 is 0. The SMILES string of the molecule is CCCCC/C=C\C/C=C\C/C=C\CC(O)C(O)CCCC(=O)O[C@H](COC(=O)CCCCCCCCCCCCc1oc(CCCCC)c(C)c1C)COP(=O)(O)OCC[N+](C)(C)C. The third-order valence-corrected chi connectivity index (χ3v) is 12.6. The summed E-state index contributed by atoms with van der Waals surface area (Å²) in [5.74, 6) is 1.26. The number of hydrogen-bond donors (Lipinski definition) is 3. The maximum atomic E-state index is 12.8. The molecular weight excluding hydrogens is 846 g/mol. The van der Waals surface area contributed by atoms with Gasteiger partial charge in [0.05, 0.1) is 40.0 Å². The van der Waals surface area contributed by atoms with E-state index in [2.05, 4.69) is 52.0 Å². The summed E-state index contributed by atoms with van der Waals surface area (Å²) in [5.41, 5.74) is 2.67. The maximum Gasteiger partial charge on any atom is 0.472 e. The number of rotatable bonds is 42. The molecule has 0 aliphatic heterocycles. The van der Waals surface area contributed by atoms with Crippen molar-refractivity contribution in [2.45, 2.75) is 213 Å². The second-order valence-corrected chi connectivity index (χ2v) is 20.2. The average molecular weight is 939 g/mol. The largest absolute Gasteiger partial charge is 0.472 e. The van der Waals surface area contributed by atoms with E-state index in [1.807, 2.05) is 33.3 Å². The lowest BCUT2D eigenvalue weighted by Crippen LogP contribution is -2.37. The predicted octanol–water partition coefficient (Wildman–Crippen LogP) is 12.1. The van der Waals surface area contributed by atoms with Crippen LogP contribution in [0, 0.1) is 13.8 Å². The first-order valence-corrected chi connectivity index (χ1v) is 26.7. The van der Waals surface area contributed by atoms with E-state index in [0.29, 0.717) is 17.4 Å². The average Bonchev–Trinajstić information content (AvgIpc) is 3.52. The number of carbonyl (C=O) groups is 2. The van der Waals surface area contributed by atoms with Crippen LogP contribution in [0.2, 0.25) is 0 Å². The van der Waals surface area contributed by atoms with Crippen LogP contribution in [-0.4, -0.2) is 97.3 Å². The zero-order valence-corrected chi connectivity index (χ0v) is 42.8. The van der Waals surface area contributed by atoms with Crippen LogP contribution in [0.1, 0.15) is 191 Å². The zero-order chi connectivity index (χ0) is 48.2. The minimum Gasteiger partial charge on any atom is -0.466 e. The molecule has 376 valence electrons. The number of allylic oxidation sites excluding steroid dienone is 5. The number of carbonyl (C=O) groups excluding carboxylic acids is 2. The summed E-state index contributed by atoms with van der Waals surface area (Å²) in [6, 6.07) is 0. The summed E-state index contributed by atoms with van der Waals surface area (Å²) < 4.78 is 40.5. The van der Waals surface area contributed by atoms with Crippen LogP contribution in [0.25, 0.3) is 0 Å². The Bertz CT molecular complexity index is 1510. The monoisotopic (exact) mass is 939 g/mol. The maximum absolute atomic E-state index is 12.8. The molecule has 3 N–H and O–H groups in total. The molecule has 0 aliphatic rings. The molecule has 0 saturated carbocycles. The Labute approximate surface area is 394 Å². The van der Waals surface area contributed by atoms with Crippen molar-refractivity contribution in [1.29, 1.82) is 0 Å². The zero-order valence-electron chi connectivity index (χ0n) is 41.9. The Kier molecular flexibility index (Phi) is 34.8. The van der Waals surface area contributed by atoms with Crippen molar-refractivity contribution >= 4 is 19.8 Å². The number of phosphoric acid groups is 1. The van der Waals surface area contributed by atoms with Gasteiger partial charge < -0.3 is 33.5 Å². The predicted molar refractivity (Wildman–Crippen MR) is 263 cm³/mol. The third-order valence-electron chi connectivity index (χ3n) is 11.6. The summed E-state index contributed by atoms with van der Waals surface area (Å²) in [5, 5.41) is 20.9. The molecule has 0 aliphatic carbocycles. The Morgan fingerprint density at radius 3 is 1.77 bits per heavy atom. The van der Waals surface area contributed by atoms with Gasteiger partial charge in [-0.2, -0.15) is 0 Å². The molecule has 13 heteroatoms. The summed E-state index contributed by atoms with van der Waals surface area (Å²) in [6.07, 6.45) is 33.2. The first kappa shape index (κ1) is 60.4. The van der Waals surface area contributed by atoms with Gasteiger partial charge in [-0.15, -0.1) is 0 Å². The van der Waals surface area contributed by atoms with E-state index < -0.39 is 44.7 Å². The van der Waals surface area contributed by atoms with Crippen molar-refractivity contribution in [3.05, 3.63) is 59.1 Å². The fourth-order valence-electron chi connectivity index (χ4n) is 7.18. The van der Waals surface area contributed by atoms with E-state index in [-0.39, 0.29) is 45.3 Å². The van der Waals surface area contributed by atoms with Crippen LogP contribution in [0.3, 0.4) is 0 Å². The van der Waals surface area contributed by atoms with Crippen molar-refractivity contribution in [2.75, 3.05) is 47.5 Å². The van der Waals surface area contributed by atoms with Crippen LogP contribution in [0.15, 0.2) is 40.9 Å². The van der Waals surface area contributed by atoms with Crippen molar-refractivity contribution < 1.29 is 56.7 Å². The van der Waals surface area contributed by atoms with Gasteiger partial charge >= 0.3 is 19.8 Å². The second-order valence-electron chi connectivity index (χ2n) is 18.7. The Hall–Kier alpha value is -2.57. The van der Waals surface area contributed by atoms with Gasteiger partial charge in [-0.25, -0.2) is 4.57 Å². The molecule has 0 amide bonds. The first-order chi connectivity index (χ1) is 31.1. The number of likely N-dealkylation sites (N-methyl/N-ethyl adjacent to an activating group) is 1. The molecule has 0 aromatic carbocycles. The van der Waals surface area contributed by atoms with Crippen molar-refractivity contribution in [3.63, 3.8) is 0 Å². The highest BCUT2D eigenvalue weighted by Crippen LogP contribution is 2.43. The molecule has 0 spiro atoms. The fourth-order valence-corrected chi connectivity index (χ4v) is 7.92. The van der Waals surface area contributed by atoms with E-state index >= 15 is 0 Å². The van der Waals surface area contributed by atoms with E-state index in [9.17, 15) is 29.3 Å². The molecule has 1 aromatic heterocycles. The van der Waals surface area contributed by atoms with Crippen LogP contribution in [-0.2, 0) is 45.5 Å². The number of aryl methyl sites for hydroxylation is 2. The highest BCUT2D eigenvalue weighted by atomic mass is 31.2. The van der Waals surface area contributed by atoms with Crippen LogP contribution in [0.4, 0.5) is 0 Å². The number of nitrogens with zero attached hydrogens (tertiary/aromatic N) is 1. The van der Waals surface area contributed by atoms with Crippen molar-refractivity contribution in [2.24, 2.45) is 0 Å². The van der Waals surface area contributed by atoms with Crippen LogP contribution < -0.4 is 0 Å². The molecular formula is C52H93NO11P+. The van der Waals surface area contributed by atoms with Gasteiger partial charge in [-0.1, -0.05) is 127 Å². The van der Waals surface area contributed by atoms with Gasteiger partial charge in [-0.05, 0) is 89.2 Å². The minimum absolute atomic E-state index is 0.0263. The number of aliphatic hydroxyl groups excluding tert-OH is 2. The summed E-state index contributed by atoms with van der Waals surface area (Å²) in [6.45, 7) is 8.39. The lowest BCUT2D eigenvalue weighted by molar-refractivity contribution is -0.870. The normalized spacial score (nSPS) is 14.7. The Morgan fingerprint density at radius 2 is 1.17 bits per heavy atom. The number of phosphoric ester groups is 1. The van der Waals surface area contributed by atoms with Gasteiger partial charge in [0.15, 0.2) is 6.10 Å². The molecule has 65 heavy (non-hydrogen) atoms. The molecule has 1 rings (SSSR count). The molecule has 0 radical (unpaired) electrons. The Balaban J connectivity index is 2.39. The molecule has 4 atom stereocenters. The van der Waals surface area contributed by atoms with Crippen LogP contribution >= 0.6 is 7.82 Å². The molecule has 0 bridgehead atoms. The fraction of sp³-hybridized carbons (Fsp3) is 0.769. The highest BCUT2D eigenvalue weighted by molar-refractivity contribution is 7.47. The smallest absolute Gasteiger partial charge is 0.466 e. The molecule has 1 heterocycles. The van der Waals surface area contributed by atoms with E-state index in [0.717, 1.165) is 57.8 Å². The molecule has 3 unspecified atom stereocenters. The first-order valence-electron chi connectivity index (χ1n) is 25.2. The summed E-state index contributed by atoms with van der Waals surface area (Å²) in [7, 11) is 1.28. The van der Waals surface area contributed by atoms with Gasteiger partial charge in [0.2, 0.25) is 0 Å². The lowest BCUT2D eigenvalue weighted by Gasteiger charge is -2.24. The number of ether oxygens (including phenoxy) is 2. The van der Waals surface area contributed by atoms with E-state index in [4.69, 9.17) is 22.9 Å². The number of quaternary nitrogens is 1. The van der Waals surface area contributed by atoms with Crippen molar-refractivity contribution in [3.8, 4) is 0 Å². The number of unbranched alkanes of at least 4 members (excludes halogenated alkanes) is 14. The standard InChI is InChI=1S/C52H92NO11P/c1-8-10-12-13-14-15-16-17-20-23-26-30-34-47(54)48(55)35-33-39-52(57)63-46(43-62-65(58,59)61-41-40-53(5,6)7)42-60-51(56)38-32-28-25-22-19-18-21-24-27-31-37-50-45(4)44(3)49(64-50)36-29-11-9-2/h14-15,17,20,26,30,46-48,54-55H,8-13,16,18-19,21-25,27-29,31-43H2,1-7H3/p+1/b15-14-,20-17-,30-26-/t46-,47?,48?/m1/s1. The number of furan rings is 1. The van der Waals surface area contributed by atoms with Gasteiger partial charge in [0.1, 0.15) is 31.3 Å². The second kappa shape index (κ2) is 37.4. The Morgan fingerprint density at radius 1 is 0.646 bits per heavy atom. The molecule has 1 aromatic rings. The van der Waals surface area contributed by atoms with Crippen LogP contribution in [0.5, 0.6) is 0 Å². The number of aliphatic hydroxyl groups is 2. The van der Waals surface area contributed by atoms with E-state index in [1.54, 1.807) is 0 Å². The highest BCUT2D eigenvalue weighted by Gasteiger charge is 2.27. The number of esters is 2. The minimum atomic E-state index is -4.47. The van der Waals surface area contributed by atoms with Gasteiger partial charge in [0, 0.05) is 25.7 Å².